The molecule has 0 aliphatic rings. The van der Waals surface area contributed by atoms with Gasteiger partial charge in [-0.25, -0.2) is 4.68 Å². The van der Waals surface area contributed by atoms with Crippen molar-refractivity contribution in [3.05, 3.63) is 132 Å². The number of rotatable bonds is 3. The molecule has 0 aliphatic heterocycles. The predicted octanol–water partition coefficient (Wildman–Crippen LogP) is 6.91. The van der Waals surface area contributed by atoms with Gasteiger partial charge in [-0.15, -0.1) is 0 Å². The van der Waals surface area contributed by atoms with Gasteiger partial charge in [0.15, 0.2) is 0 Å². The lowest BCUT2D eigenvalue weighted by molar-refractivity contribution is 0.891. The van der Waals surface area contributed by atoms with Crippen LogP contribution in [0.15, 0.2) is 115 Å². The molecule has 0 spiro atoms. The van der Waals surface area contributed by atoms with Crippen molar-refractivity contribution in [3.63, 3.8) is 0 Å². The fraction of sp³-hybridized carbons (Fsp3) is 0.0333. The SMILES string of the molecule is Cc1ccc(-n2nc(-c3ccc(C#Cc4ccccc4)cc3)cc2-c2ccccc2)cc1. The molecule has 152 valence electrons. The van der Waals surface area contributed by atoms with Gasteiger partial charge in [0.05, 0.1) is 17.1 Å². The summed E-state index contributed by atoms with van der Waals surface area (Å²) in [6.07, 6.45) is 0. The van der Waals surface area contributed by atoms with E-state index in [9.17, 15) is 0 Å². The van der Waals surface area contributed by atoms with E-state index < -0.39 is 0 Å². The summed E-state index contributed by atoms with van der Waals surface area (Å²) in [4.78, 5) is 0. The number of hydrogen-bond acceptors (Lipinski definition) is 1. The van der Waals surface area contributed by atoms with Crippen LogP contribution in [0.3, 0.4) is 0 Å². The van der Waals surface area contributed by atoms with Crippen LogP contribution >= 0.6 is 0 Å². The zero-order valence-electron chi connectivity index (χ0n) is 17.9. The lowest BCUT2D eigenvalue weighted by atomic mass is 10.1. The topological polar surface area (TPSA) is 17.8 Å². The molecular formula is C30H22N2. The second-order valence-electron chi connectivity index (χ2n) is 7.72. The van der Waals surface area contributed by atoms with Gasteiger partial charge in [0.1, 0.15) is 0 Å². The third kappa shape index (κ3) is 4.24. The molecule has 0 N–H and O–H groups in total. The summed E-state index contributed by atoms with van der Waals surface area (Å²) in [5.41, 5.74) is 8.49. The first kappa shape index (κ1) is 19.6. The molecule has 0 saturated carbocycles. The number of hydrogen-bond donors (Lipinski definition) is 0. The molecule has 2 heteroatoms. The van der Waals surface area contributed by atoms with Crippen LogP contribution in [0, 0.1) is 18.8 Å². The van der Waals surface area contributed by atoms with Crippen molar-refractivity contribution in [2.45, 2.75) is 6.92 Å². The van der Waals surface area contributed by atoms with Gasteiger partial charge in [-0.05, 0) is 49.4 Å². The van der Waals surface area contributed by atoms with E-state index in [0.29, 0.717) is 0 Å². The smallest absolute Gasteiger partial charge is 0.0934 e. The summed E-state index contributed by atoms with van der Waals surface area (Å²) < 4.78 is 2.02. The minimum absolute atomic E-state index is 0.937. The second kappa shape index (κ2) is 8.79. The average molecular weight is 411 g/mol. The first-order valence-electron chi connectivity index (χ1n) is 10.7. The molecule has 5 rings (SSSR count). The van der Waals surface area contributed by atoms with Crippen molar-refractivity contribution >= 4 is 0 Å². The molecule has 5 aromatic rings. The highest BCUT2D eigenvalue weighted by molar-refractivity contribution is 5.71. The summed E-state index contributed by atoms with van der Waals surface area (Å²) in [5, 5.41) is 4.96. The van der Waals surface area contributed by atoms with Gasteiger partial charge in [0.25, 0.3) is 0 Å². The van der Waals surface area contributed by atoms with E-state index in [2.05, 4.69) is 97.6 Å². The van der Waals surface area contributed by atoms with Crippen LogP contribution in [0.1, 0.15) is 16.7 Å². The molecular weight excluding hydrogens is 388 g/mol. The Kier molecular flexibility index (Phi) is 5.39. The Morgan fingerprint density at radius 3 is 1.84 bits per heavy atom. The van der Waals surface area contributed by atoms with Crippen LogP contribution < -0.4 is 0 Å². The molecule has 32 heavy (non-hydrogen) atoms. The molecule has 0 amide bonds. The molecule has 0 atom stereocenters. The minimum Gasteiger partial charge on any atom is -0.232 e. The van der Waals surface area contributed by atoms with E-state index in [0.717, 1.165) is 39.3 Å². The molecule has 4 aromatic carbocycles. The molecule has 0 aliphatic carbocycles. The Labute approximate surface area is 188 Å². The Balaban J connectivity index is 1.51. The maximum absolute atomic E-state index is 4.96. The van der Waals surface area contributed by atoms with Crippen LogP contribution in [-0.2, 0) is 0 Å². The Morgan fingerprint density at radius 2 is 1.19 bits per heavy atom. The molecule has 0 unspecified atom stereocenters. The van der Waals surface area contributed by atoms with Crippen molar-refractivity contribution in [1.82, 2.24) is 9.78 Å². The van der Waals surface area contributed by atoms with Crippen molar-refractivity contribution in [1.29, 1.82) is 0 Å². The summed E-state index contributed by atoms with van der Waals surface area (Å²) in [5.74, 6) is 6.45. The van der Waals surface area contributed by atoms with Crippen LogP contribution in [0.5, 0.6) is 0 Å². The van der Waals surface area contributed by atoms with Gasteiger partial charge in [-0.2, -0.15) is 5.10 Å². The van der Waals surface area contributed by atoms with Crippen molar-refractivity contribution in [3.8, 4) is 40.0 Å². The monoisotopic (exact) mass is 410 g/mol. The van der Waals surface area contributed by atoms with E-state index in [1.165, 1.54) is 5.56 Å². The molecule has 0 fully saturated rings. The van der Waals surface area contributed by atoms with Gasteiger partial charge in [0, 0.05) is 22.3 Å². The third-order valence-electron chi connectivity index (χ3n) is 5.36. The zero-order valence-corrected chi connectivity index (χ0v) is 17.9. The first-order chi connectivity index (χ1) is 15.8. The summed E-state index contributed by atoms with van der Waals surface area (Å²) in [7, 11) is 0. The number of aryl methyl sites for hydroxylation is 1. The Morgan fingerprint density at radius 1 is 0.594 bits per heavy atom. The van der Waals surface area contributed by atoms with Gasteiger partial charge in [0.2, 0.25) is 0 Å². The Hall–Kier alpha value is -4.35. The second-order valence-corrected chi connectivity index (χ2v) is 7.72. The van der Waals surface area contributed by atoms with Crippen LogP contribution in [0.2, 0.25) is 0 Å². The van der Waals surface area contributed by atoms with Crippen molar-refractivity contribution < 1.29 is 0 Å². The highest BCUT2D eigenvalue weighted by atomic mass is 15.3. The van der Waals surface area contributed by atoms with Crippen molar-refractivity contribution in [2.24, 2.45) is 0 Å². The molecule has 0 bridgehead atoms. The fourth-order valence-electron chi connectivity index (χ4n) is 3.61. The van der Waals surface area contributed by atoms with E-state index in [1.54, 1.807) is 0 Å². The molecule has 0 saturated heterocycles. The fourth-order valence-corrected chi connectivity index (χ4v) is 3.61. The van der Waals surface area contributed by atoms with Crippen molar-refractivity contribution in [2.75, 3.05) is 0 Å². The first-order valence-corrected chi connectivity index (χ1v) is 10.7. The van der Waals surface area contributed by atoms with Crippen LogP contribution in [-0.4, -0.2) is 9.78 Å². The molecule has 1 aromatic heterocycles. The predicted molar refractivity (Wildman–Crippen MR) is 132 cm³/mol. The minimum atomic E-state index is 0.937. The van der Waals surface area contributed by atoms with E-state index in [4.69, 9.17) is 5.10 Å². The highest BCUT2D eigenvalue weighted by Crippen LogP contribution is 2.29. The molecule has 0 radical (unpaired) electrons. The lowest BCUT2D eigenvalue weighted by Gasteiger charge is -2.08. The highest BCUT2D eigenvalue weighted by Gasteiger charge is 2.13. The van der Waals surface area contributed by atoms with E-state index in [1.807, 2.05) is 41.1 Å². The van der Waals surface area contributed by atoms with Crippen LogP contribution in [0.25, 0.3) is 28.2 Å². The van der Waals surface area contributed by atoms with Gasteiger partial charge in [-0.1, -0.05) is 90.2 Å². The standard InChI is InChI=1S/C30H22N2/c1-23-12-20-28(21-13-23)32-30(27-10-6-3-7-11-27)22-29(31-32)26-18-16-25(17-19-26)15-14-24-8-4-2-5-9-24/h2-13,16-22H,1H3. The largest absolute Gasteiger partial charge is 0.232 e. The summed E-state index contributed by atoms with van der Waals surface area (Å²) >= 11 is 0. The van der Waals surface area contributed by atoms with Gasteiger partial charge < -0.3 is 0 Å². The maximum Gasteiger partial charge on any atom is 0.0934 e. The normalized spacial score (nSPS) is 10.4. The van der Waals surface area contributed by atoms with Crippen LogP contribution in [0.4, 0.5) is 0 Å². The average Bonchev–Trinajstić information content (AvgIpc) is 3.30. The molecule has 1 heterocycles. The quantitative estimate of drug-likeness (QED) is 0.295. The number of aromatic nitrogens is 2. The summed E-state index contributed by atoms with van der Waals surface area (Å²) in [6, 6.07) is 39.3. The Bertz CT molecular complexity index is 1380. The maximum atomic E-state index is 4.96. The molecule has 2 nitrogen and oxygen atoms in total. The van der Waals surface area contributed by atoms with E-state index >= 15 is 0 Å². The van der Waals surface area contributed by atoms with Gasteiger partial charge in [-0.3, -0.25) is 0 Å². The third-order valence-corrected chi connectivity index (χ3v) is 5.36. The van der Waals surface area contributed by atoms with E-state index in [-0.39, 0.29) is 0 Å². The van der Waals surface area contributed by atoms with Gasteiger partial charge >= 0.3 is 0 Å². The number of nitrogens with zero attached hydrogens (tertiary/aromatic N) is 2. The zero-order chi connectivity index (χ0) is 21.8. The summed E-state index contributed by atoms with van der Waals surface area (Å²) in [6.45, 7) is 2.10. The lowest BCUT2D eigenvalue weighted by Crippen LogP contribution is -1.99. The number of benzene rings is 4.